The van der Waals surface area contributed by atoms with Crippen molar-refractivity contribution in [3.8, 4) is 0 Å². The van der Waals surface area contributed by atoms with E-state index < -0.39 is 6.10 Å². The van der Waals surface area contributed by atoms with Crippen molar-refractivity contribution in [1.29, 1.82) is 0 Å². The van der Waals surface area contributed by atoms with Crippen LogP contribution in [-0.4, -0.2) is 98.0 Å². The fourth-order valence-electron chi connectivity index (χ4n) is 7.19. The van der Waals surface area contributed by atoms with Gasteiger partial charge in [0.15, 0.2) is 5.78 Å². The van der Waals surface area contributed by atoms with Crippen LogP contribution in [-0.2, 0) is 23.8 Å². The molecule has 8 heteroatoms. The van der Waals surface area contributed by atoms with E-state index in [4.69, 9.17) is 14.2 Å². The quantitative estimate of drug-likeness (QED) is 0.623. The third-order valence-electron chi connectivity index (χ3n) is 9.39. The van der Waals surface area contributed by atoms with Gasteiger partial charge in [0.05, 0.1) is 31.0 Å². The molecule has 198 valence electrons. The van der Waals surface area contributed by atoms with E-state index in [1.165, 1.54) is 25.8 Å². The first-order chi connectivity index (χ1) is 17.0. The van der Waals surface area contributed by atoms with Gasteiger partial charge in [0, 0.05) is 58.0 Å². The molecule has 2 aliphatic carbocycles. The third-order valence-corrected chi connectivity index (χ3v) is 9.39. The lowest BCUT2D eigenvalue weighted by atomic mass is 9.77. The molecule has 6 unspecified atom stereocenters. The summed E-state index contributed by atoms with van der Waals surface area (Å²) in [5.74, 6) is 0.589. The van der Waals surface area contributed by atoms with Crippen LogP contribution in [0, 0.1) is 11.8 Å². The van der Waals surface area contributed by atoms with Gasteiger partial charge in [-0.2, -0.15) is 0 Å². The van der Waals surface area contributed by atoms with Crippen LogP contribution in [0.15, 0.2) is 0 Å². The molecule has 0 aromatic rings. The number of hydrogen-bond donors (Lipinski definition) is 1. The number of fused-ring (bicyclic) bond motifs is 1. The van der Waals surface area contributed by atoms with Crippen LogP contribution in [0.5, 0.6) is 0 Å². The number of ketones is 1. The van der Waals surface area contributed by atoms with E-state index >= 15 is 0 Å². The number of methoxy groups -OCH3 is 1. The second-order valence-electron chi connectivity index (χ2n) is 11.5. The Morgan fingerprint density at radius 1 is 0.971 bits per heavy atom. The number of amides is 1. The van der Waals surface area contributed by atoms with E-state index in [-0.39, 0.29) is 42.0 Å². The number of piperazine rings is 1. The van der Waals surface area contributed by atoms with E-state index in [0.29, 0.717) is 12.1 Å². The maximum absolute atomic E-state index is 13.2. The first kappa shape index (κ1) is 25.6. The van der Waals surface area contributed by atoms with Crippen molar-refractivity contribution >= 4 is 11.7 Å². The highest BCUT2D eigenvalue weighted by Crippen LogP contribution is 2.37. The lowest BCUT2D eigenvalue weighted by Gasteiger charge is -2.44. The molecule has 5 aliphatic rings. The molecule has 0 aromatic heterocycles. The molecule has 2 saturated carbocycles. The minimum Gasteiger partial charge on any atom is -0.381 e. The van der Waals surface area contributed by atoms with Crippen LogP contribution in [0.25, 0.3) is 0 Å². The summed E-state index contributed by atoms with van der Waals surface area (Å²) in [7, 11) is 1.74. The average molecular weight is 493 g/mol. The number of nitrogens with zero attached hydrogens (tertiary/aromatic N) is 2. The first-order valence-electron chi connectivity index (χ1n) is 14.3. The molecule has 5 rings (SSSR count). The van der Waals surface area contributed by atoms with Crippen molar-refractivity contribution in [2.75, 3.05) is 39.8 Å². The number of Topliss-reactive ketones (excluding diaryl/α,β-unsaturated/α-hetero) is 1. The number of carbonyl (C=O) groups is 2. The van der Waals surface area contributed by atoms with Crippen molar-refractivity contribution < 1.29 is 29.1 Å². The predicted molar refractivity (Wildman–Crippen MR) is 131 cm³/mol. The van der Waals surface area contributed by atoms with E-state index in [1.54, 1.807) is 7.11 Å². The van der Waals surface area contributed by atoms with Crippen LogP contribution in [0.2, 0.25) is 0 Å². The van der Waals surface area contributed by atoms with E-state index in [0.717, 1.165) is 71.1 Å². The van der Waals surface area contributed by atoms with Crippen LogP contribution in [0.3, 0.4) is 0 Å². The normalized spacial score (nSPS) is 41.4. The highest BCUT2D eigenvalue weighted by Gasteiger charge is 2.47. The van der Waals surface area contributed by atoms with Crippen molar-refractivity contribution in [3.05, 3.63) is 0 Å². The van der Waals surface area contributed by atoms with E-state index in [2.05, 4.69) is 15.1 Å². The molecule has 3 heterocycles. The Hall–Kier alpha value is -1.06. The predicted octanol–water partition coefficient (Wildman–Crippen LogP) is 1.32. The van der Waals surface area contributed by atoms with Crippen LogP contribution in [0.1, 0.15) is 71.1 Å². The summed E-state index contributed by atoms with van der Waals surface area (Å²) in [6, 6.07) is 0. The zero-order valence-electron chi connectivity index (χ0n) is 21.7. The molecule has 8 nitrogen and oxygen atoms in total. The number of carbonyl (C=O) groups excluding carboxylic acids is 2. The largest absolute Gasteiger partial charge is 0.381 e. The highest BCUT2D eigenvalue weighted by atomic mass is 16.6. The molecule has 3 saturated heterocycles. The fourth-order valence-corrected chi connectivity index (χ4v) is 7.19. The fraction of sp³-hybridized carbons (Fsp3) is 0.926. The smallest absolute Gasteiger partial charge is 0.225 e. The summed E-state index contributed by atoms with van der Waals surface area (Å²) in [5, 5.41) is 2.48. The summed E-state index contributed by atoms with van der Waals surface area (Å²) >= 11 is 0. The number of piperidine rings is 1. The molecule has 0 spiro atoms. The first-order valence-corrected chi connectivity index (χ1v) is 14.3. The second-order valence-corrected chi connectivity index (χ2v) is 11.5. The lowest BCUT2D eigenvalue weighted by Crippen LogP contribution is -2.95. The SMILES string of the molecule is COC1CCC2C(=O)C(OC3CCC(C(=O)N4CCN(C5CCCC[NH2+]5)CC4)CC3)C(C)OC2C1. The second kappa shape index (κ2) is 11.5. The number of ether oxygens (including phenoxy) is 3. The molecular weight excluding hydrogens is 446 g/mol. The van der Waals surface area contributed by atoms with Gasteiger partial charge in [-0.25, -0.2) is 0 Å². The van der Waals surface area contributed by atoms with Crippen molar-refractivity contribution in [1.82, 2.24) is 9.80 Å². The van der Waals surface area contributed by atoms with Gasteiger partial charge < -0.3 is 24.4 Å². The minimum absolute atomic E-state index is 0.0409. The molecule has 2 N–H and O–H groups in total. The highest BCUT2D eigenvalue weighted by molar-refractivity contribution is 5.87. The Labute approximate surface area is 210 Å². The Balaban J connectivity index is 1.06. The maximum atomic E-state index is 13.2. The average Bonchev–Trinajstić information content (AvgIpc) is 2.91. The monoisotopic (exact) mass is 492 g/mol. The zero-order valence-corrected chi connectivity index (χ0v) is 21.7. The van der Waals surface area contributed by atoms with Gasteiger partial charge in [-0.1, -0.05) is 0 Å². The van der Waals surface area contributed by atoms with Gasteiger partial charge in [-0.05, 0) is 58.3 Å². The Kier molecular flexibility index (Phi) is 8.44. The van der Waals surface area contributed by atoms with Gasteiger partial charge in [0.25, 0.3) is 0 Å². The number of hydrogen-bond acceptors (Lipinski definition) is 6. The van der Waals surface area contributed by atoms with Crippen molar-refractivity contribution in [2.24, 2.45) is 11.8 Å². The molecule has 6 atom stereocenters. The number of quaternary nitrogens is 1. The third kappa shape index (κ3) is 5.77. The molecule has 35 heavy (non-hydrogen) atoms. The molecule has 1 amide bonds. The van der Waals surface area contributed by atoms with Gasteiger partial charge in [0.2, 0.25) is 5.91 Å². The molecule has 3 aliphatic heterocycles. The standard InChI is InChI=1S/C27H45N3O5/c1-18-26(25(31)22-11-10-21(33-2)17-23(22)34-18)35-20-8-6-19(7-9-20)27(32)30-15-13-29(14-16-30)24-5-3-4-12-28-24/h18-24,26,28H,3-17H2,1-2H3/p+1. The number of rotatable bonds is 5. The van der Waals surface area contributed by atoms with Crippen LogP contribution in [0.4, 0.5) is 0 Å². The van der Waals surface area contributed by atoms with Gasteiger partial charge >= 0.3 is 0 Å². The lowest BCUT2D eigenvalue weighted by molar-refractivity contribution is -0.717. The summed E-state index contributed by atoms with van der Waals surface area (Å²) < 4.78 is 18.1. The minimum atomic E-state index is -0.475. The van der Waals surface area contributed by atoms with E-state index in [9.17, 15) is 9.59 Å². The molecule has 5 fully saturated rings. The zero-order chi connectivity index (χ0) is 24.4. The van der Waals surface area contributed by atoms with Gasteiger partial charge in [0.1, 0.15) is 12.3 Å². The molecule has 0 aromatic carbocycles. The summed E-state index contributed by atoms with van der Waals surface area (Å²) in [6.45, 7) is 6.92. The van der Waals surface area contributed by atoms with Crippen molar-refractivity contribution in [3.63, 3.8) is 0 Å². The summed E-state index contributed by atoms with van der Waals surface area (Å²) in [5.41, 5.74) is 0. The summed E-state index contributed by atoms with van der Waals surface area (Å²) in [6.07, 6.45) is 10.0. The molecular formula is C27H46N3O5+. The maximum Gasteiger partial charge on any atom is 0.225 e. The number of nitrogens with two attached hydrogens (primary N) is 1. The Bertz CT molecular complexity index is 728. The molecule has 0 bridgehead atoms. The van der Waals surface area contributed by atoms with Gasteiger partial charge in [-0.3, -0.25) is 14.5 Å². The van der Waals surface area contributed by atoms with Gasteiger partial charge in [-0.15, -0.1) is 0 Å². The van der Waals surface area contributed by atoms with E-state index in [1.807, 2.05) is 6.92 Å². The summed E-state index contributed by atoms with van der Waals surface area (Å²) in [4.78, 5) is 31.1. The van der Waals surface area contributed by atoms with Crippen LogP contribution < -0.4 is 5.32 Å². The Morgan fingerprint density at radius 3 is 2.40 bits per heavy atom. The van der Waals surface area contributed by atoms with Crippen molar-refractivity contribution in [2.45, 2.75) is 108 Å². The van der Waals surface area contributed by atoms with Crippen LogP contribution >= 0.6 is 0 Å². The Morgan fingerprint density at radius 2 is 1.71 bits per heavy atom. The molecule has 0 radical (unpaired) electrons. The topological polar surface area (TPSA) is 84.9 Å².